The maximum absolute atomic E-state index is 13.4. The van der Waals surface area contributed by atoms with Crippen LogP contribution in [-0.2, 0) is 9.59 Å². The van der Waals surface area contributed by atoms with E-state index in [4.69, 9.17) is 0 Å². The van der Waals surface area contributed by atoms with Crippen LogP contribution in [0.1, 0.15) is 15.9 Å². The van der Waals surface area contributed by atoms with Crippen LogP contribution in [0.2, 0.25) is 0 Å². The van der Waals surface area contributed by atoms with Gasteiger partial charge in [-0.25, -0.2) is 9.37 Å². The molecule has 0 fully saturated rings. The Kier molecular flexibility index (Phi) is 10.3. The molecule has 0 aliphatic heterocycles. The smallest absolute Gasteiger partial charge is 0.272 e. The van der Waals surface area contributed by atoms with Gasteiger partial charge in [-0.2, -0.15) is 0 Å². The van der Waals surface area contributed by atoms with Gasteiger partial charge in [-0.05, 0) is 78.4 Å². The maximum atomic E-state index is 13.4. The first-order valence-corrected chi connectivity index (χ1v) is 15.9. The first-order chi connectivity index (χ1) is 21.3. The number of thiazole rings is 1. The molecule has 7 nitrogen and oxygen atoms in total. The first kappa shape index (κ1) is 30.9. The summed E-state index contributed by atoms with van der Waals surface area (Å²) < 4.78 is 14.0. The Balaban J connectivity index is 1.22. The Morgan fingerprint density at radius 3 is 2.43 bits per heavy atom. The quantitative estimate of drug-likeness (QED) is 0.103. The number of nitrogens with zero attached hydrogens (tertiary/aromatic N) is 1. The molecule has 0 aliphatic carbocycles. The molecule has 5 rings (SSSR count). The molecule has 0 radical (unpaired) electrons. The Morgan fingerprint density at radius 1 is 0.886 bits per heavy atom. The van der Waals surface area contributed by atoms with E-state index in [1.807, 2.05) is 30.3 Å². The number of anilines is 2. The molecule has 0 saturated carbocycles. The lowest BCUT2D eigenvalue weighted by Crippen LogP contribution is -2.30. The van der Waals surface area contributed by atoms with Gasteiger partial charge in [-0.15, -0.1) is 23.1 Å². The molecular formula is C33H24BrFN4O3S2. The summed E-state index contributed by atoms with van der Waals surface area (Å²) in [5.41, 5.74) is 3.11. The van der Waals surface area contributed by atoms with Gasteiger partial charge >= 0.3 is 0 Å². The molecule has 4 aromatic carbocycles. The van der Waals surface area contributed by atoms with Crippen molar-refractivity contribution in [1.82, 2.24) is 10.3 Å². The third-order valence-corrected chi connectivity index (χ3v) is 8.29. The van der Waals surface area contributed by atoms with Crippen LogP contribution in [0.25, 0.3) is 17.3 Å². The van der Waals surface area contributed by atoms with E-state index < -0.39 is 11.8 Å². The van der Waals surface area contributed by atoms with E-state index in [0.29, 0.717) is 22.1 Å². The highest BCUT2D eigenvalue weighted by atomic mass is 79.9. The van der Waals surface area contributed by atoms with E-state index in [-0.39, 0.29) is 23.2 Å². The van der Waals surface area contributed by atoms with Crippen molar-refractivity contribution in [3.63, 3.8) is 0 Å². The van der Waals surface area contributed by atoms with Crippen molar-refractivity contribution in [3.8, 4) is 11.3 Å². The molecule has 5 aromatic rings. The van der Waals surface area contributed by atoms with E-state index in [0.717, 1.165) is 20.5 Å². The summed E-state index contributed by atoms with van der Waals surface area (Å²) in [5.74, 6) is -1.38. The molecule has 0 atom stereocenters. The molecule has 11 heteroatoms. The van der Waals surface area contributed by atoms with Crippen LogP contribution in [0, 0.1) is 5.82 Å². The second-order valence-electron chi connectivity index (χ2n) is 9.30. The van der Waals surface area contributed by atoms with Crippen LogP contribution in [0.4, 0.5) is 15.2 Å². The molecule has 1 aromatic heterocycles. The van der Waals surface area contributed by atoms with E-state index >= 15 is 0 Å². The summed E-state index contributed by atoms with van der Waals surface area (Å²) >= 11 is 6.01. The number of thioether (sulfide) groups is 1. The van der Waals surface area contributed by atoms with Gasteiger partial charge < -0.3 is 16.0 Å². The maximum Gasteiger partial charge on any atom is 0.272 e. The summed E-state index contributed by atoms with van der Waals surface area (Å²) in [6.07, 6.45) is 1.60. The molecule has 0 unspecified atom stereocenters. The van der Waals surface area contributed by atoms with Crippen molar-refractivity contribution in [2.45, 2.75) is 4.90 Å². The number of aromatic nitrogens is 1. The summed E-state index contributed by atoms with van der Waals surface area (Å²) in [5, 5.41) is 10.6. The molecule has 0 bridgehead atoms. The van der Waals surface area contributed by atoms with Gasteiger partial charge in [0.05, 0.1) is 11.4 Å². The van der Waals surface area contributed by atoms with Crippen molar-refractivity contribution in [3.05, 3.63) is 136 Å². The van der Waals surface area contributed by atoms with Gasteiger partial charge in [0.15, 0.2) is 5.13 Å². The number of nitrogens with one attached hydrogen (secondary N) is 3. The number of hydrogen-bond acceptors (Lipinski definition) is 6. The molecule has 0 aliphatic rings. The summed E-state index contributed by atoms with van der Waals surface area (Å²) in [4.78, 5) is 44.0. The number of hydrogen-bond donors (Lipinski definition) is 3. The second kappa shape index (κ2) is 14.7. The van der Waals surface area contributed by atoms with E-state index in [1.165, 1.54) is 35.2 Å². The fourth-order valence-electron chi connectivity index (χ4n) is 3.96. The Labute approximate surface area is 269 Å². The number of benzene rings is 4. The molecule has 3 N–H and O–H groups in total. The fourth-order valence-corrected chi connectivity index (χ4v) is 5.86. The van der Waals surface area contributed by atoms with E-state index in [1.54, 1.807) is 72.1 Å². The number of rotatable bonds is 10. The minimum absolute atomic E-state index is 0.0674. The Bertz CT molecular complexity index is 1830. The van der Waals surface area contributed by atoms with Crippen LogP contribution in [-0.4, -0.2) is 28.5 Å². The highest BCUT2D eigenvalue weighted by Gasteiger charge is 2.16. The van der Waals surface area contributed by atoms with Gasteiger partial charge in [0, 0.05) is 31.6 Å². The second-order valence-corrected chi connectivity index (χ2v) is 12.1. The van der Waals surface area contributed by atoms with Crippen LogP contribution in [0.5, 0.6) is 0 Å². The first-order valence-electron chi connectivity index (χ1n) is 13.2. The predicted octanol–water partition coefficient (Wildman–Crippen LogP) is 7.85. The molecule has 0 spiro atoms. The minimum Gasteiger partial charge on any atom is -0.321 e. The zero-order chi connectivity index (χ0) is 30.9. The molecular weight excluding hydrogens is 663 g/mol. The topological polar surface area (TPSA) is 100 Å². The van der Waals surface area contributed by atoms with E-state index in [9.17, 15) is 18.8 Å². The van der Waals surface area contributed by atoms with Gasteiger partial charge in [-0.1, -0.05) is 52.3 Å². The Morgan fingerprint density at radius 2 is 1.66 bits per heavy atom. The third kappa shape index (κ3) is 8.73. The number of amides is 3. The number of carbonyl (C=O) groups is 3. The average Bonchev–Trinajstić information content (AvgIpc) is 3.49. The summed E-state index contributed by atoms with van der Waals surface area (Å²) in [6.45, 7) is 0. The highest BCUT2D eigenvalue weighted by molar-refractivity contribution is 9.10. The van der Waals surface area contributed by atoms with Crippen molar-refractivity contribution < 1.29 is 18.8 Å². The highest BCUT2D eigenvalue weighted by Crippen LogP contribution is 2.26. The van der Waals surface area contributed by atoms with Crippen molar-refractivity contribution >= 4 is 73.6 Å². The molecule has 0 saturated heterocycles. The zero-order valence-electron chi connectivity index (χ0n) is 22.9. The molecule has 44 heavy (non-hydrogen) atoms. The van der Waals surface area contributed by atoms with Gasteiger partial charge in [-0.3, -0.25) is 14.4 Å². The average molecular weight is 688 g/mol. The number of halogens is 2. The van der Waals surface area contributed by atoms with Crippen molar-refractivity contribution in [2.75, 3.05) is 16.4 Å². The predicted molar refractivity (Wildman–Crippen MR) is 178 cm³/mol. The largest absolute Gasteiger partial charge is 0.321 e. The zero-order valence-corrected chi connectivity index (χ0v) is 26.1. The third-order valence-electron chi connectivity index (χ3n) is 6.04. The number of carbonyl (C=O) groups excluding carboxylic acids is 3. The molecule has 3 amide bonds. The van der Waals surface area contributed by atoms with E-state index in [2.05, 4.69) is 36.9 Å². The Hall–Kier alpha value is -4.58. The standard InChI is InChI=1S/C33H24BrFN4O3S2/c34-24-9-4-6-21(16-24)17-28(37-31(41)23-7-2-1-3-8-23)32(42)36-26-10-5-11-27(18-26)43-20-30(40)39-33-38-29(19-44-33)22-12-14-25(35)15-13-22/h1-19H,20H2,(H,36,42)(H,37,41)(H,38,39,40)/b28-17+. The SMILES string of the molecule is O=C(CSc1cccc(NC(=O)/C(=C\c2cccc(Br)c2)NC(=O)c2ccccc2)c1)Nc1nc(-c2ccc(F)cc2)cs1. The van der Waals surface area contributed by atoms with Gasteiger partial charge in [0.2, 0.25) is 5.91 Å². The molecule has 1 heterocycles. The van der Waals surface area contributed by atoms with Crippen molar-refractivity contribution in [2.24, 2.45) is 0 Å². The lowest BCUT2D eigenvalue weighted by atomic mass is 10.1. The van der Waals surface area contributed by atoms with Crippen LogP contribution < -0.4 is 16.0 Å². The van der Waals surface area contributed by atoms with Gasteiger partial charge in [0.1, 0.15) is 11.5 Å². The monoisotopic (exact) mass is 686 g/mol. The lowest BCUT2D eigenvalue weighted by Gasteiger charge is -2.12. The summed E-state index contributed by atoms with van der Waals surface area (Å²) in [7, 11) is 0. The fraction of sp³-hybridized carbons (Fsp3) is 0.0303. The minimum atomic E-state index is -0.505. The molecule has 220 valence electrons. The van der Waals surface area contributed by atoms with Crippen LogP contribution >= 0.6 is 39.0 Å². The normalized spacial score (nSPS) is 11.1. The van der Waals surface area contributed by atoms with Crippen LogP contribution in [0.3, 0.4) is 0 Å². The van der Waals surface area contributed by atoms with Gasteiger partial charge in [0.25, 0.3) is 11.8 Å². The van der Waals surface area contributed by atoms with Crippen LogP contribution in [0.15, 0.2) is 124 Å². The summed E-state index contributed by atoms with van der Waals surface area (Å²) in [6, 6.07) is 29.1. The lowest BCUT2D eigenvalue weighted by molar-refractivity contribution is -0.114. The van der Waals surface area contributed by atoms with Crippen molar-refractivity contribution in [1.29, 1.82) is 0 Å².